The predicted molar refractivity (Wildman–Crippen MR) is 105 cm³/mol. The van der Waals surface area contributed by atoms with Gasteiger partial charge in [0.15, 0.2) is 0 Å². The minimum Gasteiger partial charge on any atom is -0.392 e. The van der Waals surface area contributed by atoms with Crippen molar-refractivity contribution in [2.45, 2.75) is 41.0 Å². The Morgan fingerprint density at radius 2 is 2.08 bits per heavy atom. The predicted octanol–water partition coefficient (Wildman–Crippen LogP) is 2.16. The zero-order valence-electron chi connectivity index (χ0n) is 13.8. The van der Waals surface area contributed by atoms with Crippen LogP contribution in [0.3, 0.4) is 0 Å². The van der Waals surface area contributed by atoms with Gasteiger partial charge in [0.1, 0.15) is 0 Å². The van der Waals surface area contributed by atoms with Crippen LogP contribution >= 0.6 is 27.7 Å². The summed E-state index contributed by atoms with van der Waals surface area (Å²) in [4.78, 5) is 12.6. The Balaban J connectivity index is 1.69. The van der Waals surface area contributed by atoms with Gasteiger partial charge >= 0.3 is 0 Å². The van der Waals surface area contributed by atoms with Crippen molar-refractivity contribution in [3.05, 3.63) is 46.9 Å². The van der Waals surface area contributed by atoms with E-state index >= 15 is 0 Å². The highest BCUT2D eigenvalue weighted by Crippen LogP contribution is 2.51. The maximum atomic E-state index is 12.5. The molecule has 6 heteroatoms. The molecule has 25 heavy (non-hydrogen) atoms. The molecule has 0 bridgehead atoms. The number of amides is 1. The number of nitrogens with one attached hydrogen (secondary N) is 1. The van der Waals surface area contributed by atoms with Crippen LogP contribution in [0.4, 0.5) is 0 Å². The summed E-state index contributed by atoms with van der Waals surface area (Å²) in [6.45, 7) is 0.638. The number of aliphatic hydroxyl groups excluding tert-OH is 1. The van der Waals surface area contributed by atoms with Crippen LogP contribution in [0.5, 0.6) is 0 Å². The Hall–Kier alpha value is -0.820. The van der Waals surface area contributed by atoms with Gasteiger partial charge in [-0.15, -0.1) is 11.8 Å². The first-order valence-corrected chi connectivity index (χ1v) is 10.7. The van der Waals surface area contributed by atoms with Crippen LogP contribution in [-0.2, 0) is 11.2 Å². The van der Waals surface area contributed by atoms with Gasteiger partial charge in [-0.05, 0) is 41.8 Å². The average Bonchev–Trinajstić information content (AvgIpc) is 3.08. The summed E-state index contributed by atoms with van der Waals surface area (Å²) < 4.78 is 0. The summed E-state index contributed by atoms with van der Waals surface area (Å²) in [7, 11) is 0. The topological polar surface area (TPSA) is 75.3 Å². The van der Waals surface area contributed by atoms with Crippen molar-refractivity contribution >= 4 is 33.6 Å². The Kier molecular flexibility index (Phi) is 4.97. The third kappa shape index (κ3) is 3.07. The number of nitrogens with two attached hydrogens (primary N) is 1. The number of hydrogen-bond acceptors (Lipinski definition) is 4. The van der Waals surface area contributed by atoms with Crippen LogP contribution < -0.4 is 11.1 Å². The minimum atomic E-state index is -0.416. The van der Waals surface area contributed by atoms with Crippen molar-refractivity contribution in [3.63, 3.8) is 0 Å². The lowest BCUT2D eigenvalue weighted by Gasteiger charge is -2.50. The van der Waals surface area contributed by atoms with E-state index in [0.717, 1.165) is 12.0 Å². The van der Waals surface area contributed by atoms with Gasteiger partial charge in [0.2, 0.25) is 5.91 Å². The van der Waals surface area contributed by atoms with Crippen LogP contribution in [0.25, 0.3) is 0 Å². The maximum Gasteiger partial charge on any atom is 0.234 e. The maximum absolute atomic E-state index is 12.5. The standard InChI is InChI=1S/C19H23BrN2O2S/c20-13-9-14(23)15(11-3-1-10(2-4-11)5-7-21)16-12-6-8-25-18(12)19(24)22-17(13)16/h1-4,6,8,12-18,23H,5,7,9,21H2,(H,22,24). The zero-order chi connectivity index (χ0) is 17.6. The van der Waals surface area contributed by atoms with Gasteiger partial charge in [-0.1, -0.05) is 46.3 Å². The molecular formula is C19H23BrN2O2S. The lowest BCUT2D eigenvalue weighted by Crippen LogP contribution is -2.63. The van der Waals surface area contributed by atoms with E-state index in [1.165, 1.54) is 5.56 Å². The quantitative estimate of drug-likeness (QED) is 0.652. The molecule has 7 unspecified atom stereocenters. The fourth-order valence-corrected chi connectivity index (χ4v) is 6.61. The van der Waals surface area contributed by atoms with E-state index in [1.807, 2.05) is 5.41 Å². The molecule has 4 N–H and O–H groups in total. The molecule has 2 fully saturated rings. The number of fused-ring (bicyclic) bond motifs is 3. The van der Waals surface area contributed by atoms with Gasteiger partial charge in [0, 0.05) is 22.7 Å². The molecule has 1 saturated heterocycles. The minimum absolute atomic E-state index is 0.0298. The van der Waals surface area contributed by atoms with Crippen LogP contribution in [-0.4, -0.2) is 39.8 Å². The van der Waals surface area contributed by atoms with E-state index in [0.29, 0.717) is 13.0 Å². The Bertz CT molecular complexity index is 681. The lowest BCUT2D eigenvalue weighted by molar-refractivity contribution is -0.126. The second-order valence-corrected chi connectivity index (χ2v) is 9.43. The molecule has 1 amide bonds. The van der Waals surface area contributed by atoms with E-state index in [1.54, 1.807) is 11.8 Å². The third-order valence-electron chi connectivity index (χ3n) is 5.79. The highest BCUT2D eigenvalue weighted by atomic mass is 79.9. The van der Waals surface area contributed by atoms with Crippen LogP contribution in [0.15, 0.2) is 35.7 Å². The number of halogens is 1. The van der Waals surface area contributed by atoms with E-state index in [4.69, 9.17) is 5.73 Å². The number of carbonyl (C=O) groups excluding carboxylic acids is 1. The number of allylic oxidation sites excluding steroid dienone is 1. The molecule has 0 spiro atoms. The van der Waals surface area contributed by atoms with Gasteiger partial charge in [-0.25, -0.2) is 0 Å². The summed E-state index contributed by atoms with van der Waals surface area (Å²) in [5, 5.41) is 16.1. The van der Waals surface area contributed by atoms with E-state index in [-0.39, 0.29) is 39.8 Å². The Morgan fingerprint density at radius 1 is 1.32 bits per heavy atom. The summed E-state index contributed by atoms with van der Waals surface area (Å²) >= 11 is 5.30. The number of hydrogen-bond donors (Lipinski definition) is 3. The number of benzene rings is 1. The van der Waals surface area contributed by atoms with E-state index in [9.17, 15) is 9.90 Å². The number of thioether (sulfide) groups is 1. The average molecular weight is 423 g/mol. The third-order valence-corrected chi connectivity index (χ3v) is 7.86. The van der Waals surface area contributed by atoms with E-state index in [2.05, 4.69) is 51.6 Å². The van der Waals surface area contributed by atoms with E-state index < -0.39 is 6.10 Å². The van der Waals surface area contributed by atoms with Crippen LogP contribution in [0, 0.1) is 11.8 Å². The zero-order valence-corrected chi connectivity index (χ0v) is 16.2. The second kappa shape index (κ2) is 7.06. The van der Waals surface area contributed by atoms with Gasteiger partial charge in [-0.2, -0.15) is 0 Å². The Morgan fingerprint density at radius 3 is 2.80 bits per heavy atom. The number of alkyl halides is 1. The summed E-state index contributed by atoms with van der Waals surface area (Å²) in [6, 6.07) is 8.53. The number of aliphatic hydroxyl groups is 1. The molecule has 1 aliphatic carbocycles. The fourth-order valence-electron chi connectivity index (χ4n) is 4.65. The van der Waals surface area contributed by atoms with Crippen LogP contribution in [0.1, 0.15) is 23.5 Å². The molecule has 4 nitrogen and oxygen atoms in total. The molecule has 0 aromatic heterocycles. The van der Waals surface area contributed by atoms with Crippen molar-refractivity contribution < 1.29 is 9.90 Å². The summed E-state index contributed by atoms with van der Waals surface area (Å²) in [6.07, 6.45) is 3.26. The van der Waals surface area contributed by atoms with Gasteiger partial charge in [0.05, 0.1) is 11.4 Å². The number of rotatable bonds is 3. The molecule has 7 atom stereocenters. The molecule has 4 rings (SSSR count). The Labute approximate surface area is 160 Å². The van der Waals surface area contributed by atoms with Crippen molar-refractivity contribution in [3.8, 4) is 0 Å². The highest BCUT2D eigenvalue weighted by Gasteiger charge is 2.54. The monoisotopic (exact) mass is 422 g/mol. The number of carbonyl (C=O) groups is 1. The second-order valence-electron chi connectivity index (χ2n) is 7.20. The summed E-state index contributed by atoms with van der Waals surface area (Å²) in [5.74, 6) is 0.524. The van der Waals surface area contributed by atoms with Gasteiger partial charge in [0.25, 0.3) is 0 Å². The van der Waals surface area contributed by atoms with Crippen molar-refractivity contribution in [1.82, 2.24) is 5.32 Å². The largest absolute Gasteiger partial charge is 0.392 e. The molecule has 134 valence electrons. The molecule has 2 aliphatic heterocycles. The first kappa shape index (κ1) is 17.6. The normalized spacial score (nSPS) is 39.6. The van der Waals surface area contributed by atoms with Crippen molar-refractivity contribution in [1.29, 1.82) is 0 Å². The first-order valence-electron chi connectivity index (χ1n) is 8.83. The molecule has 2 heterocycles. The molecule has 3 aliphatic rings. The van der Waals surface area contributed by atoms with Crippen LogP contribution in [0.2, 0.25) is 0 Å². The fraction of sp³-hybridized carbons (Fsp3) is 0.526. The molecular weight excluding hydrogens is 400 g/mol. The van der Waals surface area contributed by atoms with Crippen molar-refractivity contribution in [2.75, 3.05) is 6.54 Å². The first-order chi connectivity index (χ1) is 12.1. The molecule has 1 aromatic rings. The molecule has 1 aromatic carbocycles. The summed E-state index contributed by atoms with van der Waals surface area (Å²) in [5.41, 5.74) is 8.02. The van der Waals surface area contributed by atoms with Gasteiger partial charge < -0.3 is 16.2 Å². The molecule has 0 radical (unpaired) electrons. The highest BCUT2D eigenvalue weighted by molar-refractivity contribution is 9.09. The SMILES string of the molecule is NCCc1ccc(C2C(O)CC(Br)C3NC(=O)C4SC=CC4C32)cc1. The van der Waals surface area contributed by atoms with Gasteiger partial charge in [-0.3, -0.25) is 4.79 Å². The van der Waals surface area contributed by atoms with Crippen molar-refractivity contribution in [2.24, 2.45) is 17.6 Å². The smallest absolute Gasteiger partial charge is 0.234 e. The molecule has 1 saturated carbocycles. The number of piperidine rings is 1. The lowest BCUT2D eigenvalue weighted by atomic mass is 9.63.